The van der Waals surface area contributed by atoms with Crippen LogP contribution >= 0.6 is 39.1 Å². The Bertz CT molecular complexity index is 928. The molecule has 2 aromatic rings. The maximum atomic E-state index is 13.3. The van der Waals surface area contributed by atoms with Crippen molar-refractivity contribution in [2.45, 2.75) is 25.8 Å². The quantitative estimate of drug-likeness (QED) is 0.589. The first kappa shape index (κ1) is 19.9. The van der Waals surface area contributed by atoms with Crippen molar-refractivity contribution in [2.24, 2.45) is 0 Å². The Morgan fingerprint density at radius 3 is 2.15 bits per heavy atom. The summed E-state index contributed by atoms with van der Waals surface area (Å²) in [6.45, 7) is 2.85. The van der Waals surface area contributed by atoms with Gasteiger partial charge in [0.25, 0.3) is 5.91 Å². The summed E-state index contributed by atoms with van der Waals surface area (Å²) in [5.74, 6) is -1.02. The van der Waals surface area contributed by atoms with Crippen molar-refractivity contribution in [3.05, 3.63) is 62.5 Å². The Morgan fingerprint density at radius 1 is 1.07 bits per heavy atom. The molecular formula is C19H15BrCl2N2O3. The normalized spacial score (nSPS) is 19.7. The van der Waals surface area contributed by atoms with E-state index in [1.807, 2.05) is 24.3 Å². The molecule has 27 heavy (non-hydrogen) atoms. The van der Waals surface area contributed by atoms with Gasteiger partial charge < -0.3 is 0 Å². The zero-order chi connectivity index (χ0) is 19.9. The second-order valence-corrected chi connectivity index (χ2v) is 8.27. The predicted octanol–water partition coefficient (Wildman–Crippen LogP) is 5.07. The first-order chi connectivity index (χ1) is 12.6. The highest BCUT2D eigenvalue weighted by molar-refractivity contribution is 9.10. The Labute approximate surface area is 175 Å². The van der Waals surface area contributed by atoms with Gasteiger partial charge in [0.05, 0.1) is 5.69 Å². The minimum Gasteiger partial charge on any atom is -0.275 e. The van der Waals surface area contributed by atoms with Crippen molar-refractivity contribution >= 4 is 62.7 Å². The van der Waals surface area contributed by atoms with Crippen LogP contribution in [0.4, 0.5) is 10.5 Å². The van der Waals surface area contributed by atoms with Gasteiger partial charge in [-0.3, -0.25) is 9.59 Å². The van der Waals surface area contributed by atoms with Crippen molar-refractivity contribution < 1.29 is 14.4 Å². The lowest BCUT2D eigenvalue weighted by Gasteiger charge is -2.29. The molecule has 1 aliphatic heterocycles. The third-order valence-corrected chi connectivity index (χ3v) is 5.39. The molecule has 5 nitrogen and oxygen atoms in total. The van der Waals surface area contributed by atoms with Gasteiger partial charge in [0.2, 0.25) is 5.91 Å². The van der Waals surface area contributed by atoms with Gasteiger partial charge in [-0.05, 0) is 42.8 Å². The van der Waals surface area contributed by atoms with Gasteiger partial charge in [-0.25, -0.2) is 14.6 Å². The number of carbonyl (C=O) groups excluding carboxylic acids is 3. The zero-order valence-electron chi connectivity index (χ0n) is 14.5. The highest BCUT2D eigenvalue weighted by Gasteiger charge is 2.56. The second kappa shape index (κ2) is 7.26. The van der Waals surface area contributed by atoms with Gasteiger partial charge >= 0.3 is 6.03 Å². The summed E-state index contributed by atoms with van der Waals surface area (Å²) >= 11 is 15.4. The van der Waals surface area contributed by atoms with Crippen LogP contribution in [-0.2, 0) is 16.0 Å². The van der Waals surface area contributed by atoms with Crippen LogP contribution < -0.4 is 4.90 Å². The molecule has 1 atom stereocenters. The minimum atomic E-state index is -1.36. The molecule has 0 N–H and O–H groups in total. The lowest BCUT2D eigenvalue weighted by molar-refractivity contribution is -0.135. The van der Waals surface area contributed by atoms with E-state index >= 15 is 0 Å². The number of anilines is 1. The molecule has 0 radical (unpaired) electrons. The van der Waals surface area contributed by atoms with E-state index in [-0.39, 0.29) is 22.2 Å². The number of amides is 4. The van der Waals surface area contributed by atoms with Crippen LogP contribution in [0.3, 0.4) is 0 Å². The SMILES string of the molecule is CC(=O)N1C(=O)N(c2cc(Cl)cc(Cl)c2)C(=O)[C@@]1(C)Cc1ccc(Br)cc1. The number of halogens is 3. The number of hydrogen-bond donors (Lipinski definition) is 0. The Morgan fingerprint density at radius 2 is 1.63 bits per heavy atom. The molecular weight excluding hydrogens is 455 g/mol. The lowest BCUT2D eigenvalue weighted by atomic mass is 9.91. The van der Waals surface area contributed by atoms with E-state index in [9.17, 15) is 14.4 Å². The summed E-state index contributed by atoms with van der Waals surface area (Å²) in [4.78, 5) is 40.4. The molecule has 0 spiro atoms. The number of benzene rings is 2. The average molecular weight is 470 g/mol. The van der Waals surface area contributed by atoms with Crippen molar-refractivity contribution in [3.8, 4) is 0 Å². The topological polar surface area (TPSA) is 57.7 Å². The molecule has 8 heteroatoms. The molecule has 2 aromatic carbocycles. The molecule has 0 aromatic heterocycles. The third-order valence-electron chi connectivity index (χ3n) is 4.42. The molecule has 1 saturated heterocycles. The lowest BCUT2D eigenvalue weighted by Crippen LogP contribution is -2.51. The van der Waals surface area contributed by atoms with E-state index < -0.39 is 23.4 Å². The zero-order valence-corrected chi connectivity index (χ0v) is 17.6. The molecule has 3 rings (SSSR count). The Kier molecular flexibility index (Phi) is 5.34. The van der Waals surface area contributed by atoms with Crippen LogP contribution in [0.25, 0.3) is 0 Å². The third kappa shape index (κ3) is 3.61. The largest absolute Gasteiger partial charge is 0.339 e. The smallest absolute Gasteiger partial charge is 0.275 e. The number of carbonyl (C=O) groups is 3. The number of hydrogen-bond acceptors (Lipinski definition) is 3. The highest BCUT2D eigenvalue weighted by atomic mass is 79.9. The fourth-order valence-corrected chi connectivity index (χ4v) is 4.05. The first-order valence-electron chi connectivity index (χ1n) is 8.03. The fraction of sp³-hybridized carbons (Fsp3) is 0.211. The number of urea groups is 1. The minimum absolute atomic E-state index is 0.190. The molecule has 0 unspecified atom stereocenters. The van der Waals surface area contributed by atoms with Crippen LogP contribution in [0, 0.1) is 0 Å². The van der Waals surface area contributed by atoms with E-state index in [0.717, 1.165) is 19.8 Å². The van der Waals surface area contributed by atoms with Gasteiger partial charge in [-0.2, -0.15) is 0 Å². The second-order valence-electron chi connectivity index (χ2n) is 6.48. The van der Waals surface area contributed by atoms with E-state index in [1.54, 1.807) is 6.92 Å². The van der Waals surface area contributed by atoms with Gasteiger partial charge in [0.15, 0.2) is 0 Å². The van der Waals surface area contributed by atoms with Gasteiger partial charge in [-0.15, -0.1) is 0 Å². The van der Waals surface area contributed by atoms with Crippen molar-refractivity contribution in [1.82, 2.24) is 4.90 Å². The average Bonchev–Trinajstić information content (AvgIpc) is 2.75. The van der Waals surface area contributed by atoms with Gasteiger partial charge in [0, 0.05) is 27.9 Å². The van der Waals surface area contributed by atoms with Crippen LogP contribution in [0.15, 0.2) is 46.9 Å². The van der Waals surface area contributed by atoms with Gasteiger partial charge in [-0.1, -0.05) is 51.3 Å². The standard InChI is InChI=1S/C19H15BrCl2N2O3/c1-11(25)24-18(27)23(16-8-14(21)7-15(22)9-16)17(26)19(24,2)10-12-3-5-13(20)6-4-12/h3-9H,10H2,1-2H3/t19-/m1/s1. The molecule has 4 amide bonds. The Balaban J connectivity index is 2.07. The van der Waals surface area contributed by atoms with E-state index in [1.165, 1.54) is 25.1 Å². The summed E-state index contributed by atoms with van der Waals surface area (Å²) in [5.41, 5.74) is -0.307. The molecule has 0 bridgehead atoms. The molecule has 1 heterocycles. The predicted molar refractivity (Wildman–Crippen MR) is 108 cm³/mol. The number of rotatable bonds is 3. The van der Waals surface area contributed by atoms with Gasteiger partial charge in [0.1, 0.15) is 5.54 Å². The number of imide groups is 2. The van der Waals surface area contributed by atoms with Crippen LogP contribution in [0.5, 0.6) is 0 Å². The number of nitrogens with zero attached hydrogens (tertiary/aromatic N) is 2. The van der Waals surface area contributed by atoms with Crippen molar-refractivity contribution in [1.29, 1.82) is 0 Å². The summed E-state index contributed by atoms with van der Waals surface area (Å²) in [6.07, 6.45) is 0.190. The monoisotopic (exact) mass is 468 g/mol. The van der Waals surface area contributed by atoms with Crippen LogP contribution in [-0.4, -0.2) is 28.3 Å². The Hall–Kier alpha value is -1.89. The van der Waals surface area contributed by atoms with E-state index in [0.29, 0.717) is 0 Å². The first-order valence-corrected chi connectivity index (χ1v) is 9.58. The summed E-state index contributed by atoms with van der Waals surface area (Å²) < 4.78 is 0.892. The van der Waals surface area contributed by atoms with Crippen LogP contribution in [0.2, 0.25) is 10.0 Å². The highest BCUT2D eigenvalue weighted by Crippen LogP contribution is 2.37. The summed E-state index contributed by atoms with van der Waals surface area (Å²) in [5, 5.41) is 0.572. The van der Waals surface area contributed by atoms with Crippen LogP contribution in [0.1, 0.15) is 19.4 Å². The maximum absolute atomic E-state index is 13.3. The maximum Gasteiger partial charge on any atom is 0.339 e. The summed E-state index contributed by atoms with van der Waals surface area (Å²) in [6, 6.07) is 11.1. The van der Waals surface area contributed by atoms with Crippen molar-refractivity contribution in [2.75, 3.05) is 4.90 Å². The summed E-state index contributed by atoms with van der Waals surface area (Å²) in [7, 11) is 0. The fourth-order valence-electron chi connectivity index (χ4n) is 3.27. The van der Waals surface area contributed by atoms with Crippen molar-refractivity contribution in [3.63, 3.8) is 0 Å². The molecule has 0 saturated carbocycles. The van der Waals surface area contributed by atoms with E-state index in [4.69, 9.17) is 23.2 Å². The van der Waals surface area contributed by atoms with E-state index in [2.05, 4.69) is 15.9 Å². The molecule has 1 aliphatic rings. The molecule has 1 fully saturated rings. The molecule has 140 valence electrons. The molecule has 0 aliphatic carbocycles.